The van der Waals surface area contributed by atoms with Crippen LogP contribution in [0.25, 0.3) is 23.5 Å². The van der Waals surface area contributed by atoms with Crippen LogP contribution >= 0.6 is 11.3 Å². The molecule has 110 valence electrons. The maximum Gasteiger partial charge on any atom is 0.269 e. The van der Waals surface area contributed by atoms with Crippen LogP contribution in [0.2, 0.25) is 0 Å². The fourth-order valence-electron chi connectivity index (χ4n) is 1.95. The van der Waals surface area contributed by atoms with Crippen LogP contribution < -0.4 is 0 Å². The van der Waals surface area contributed by atoms with E-state index in [2.05, 4.69) is 4.98 Å². The van der Waals surface area contributed by atoms with Gasteiger partial charge in [0.1, 0.15) is 16.5 Å². The van der Waals surface area contributed by atoms with Gasteiger partial charge in [-0.05, 0) is 43.3 Å². The van der Waals surface area contributed by atoms with Gasteiger partial charge >= 0.3 is 0 Å². The molecule has 0 saturated heterocycles. The van der Waals surface area contributed by atoms with Gasteiger partial charge in [-0.25, -0.2) is 4.98 Å². The average Bonchev–Trinajstić information content (AvgIpc) is 3.14. The van der Waals surface area contributed by atoms with Crippen LogP contribution in [0.5, 0.6) is 0 Å². The quantitative estimate of drug-likeness (QED) is 0.513. The van der Waals surface area contributed by atoms with Crippen molar-refractivity contribution in [3.05, 3.63) is 68.4 Å². The number of nitro benzene ring substituents is 1. The molecular weight excluding hydrogens is 300 g/mol. The highest BCUT2D eigenvalue weighted by Gasteiger charge is 2.07. The summed E-state index contributed by atoms with van der Waals surface area (Å²) < 4.78 is 5.72. The Labute approximate surface area is 130 Å². The first-order valence-corrected chi connectivity index (χ1v) is 7.45. The topological polar surface area (TPSA) is 69.2 Å². The molecule has 0 saturated carbocycles. The molecule has 2 aromatic heterocycles. The molecule has 0 unspecified atom stereocenters. The van der Waals surface area contributed by atoms with E-state index in [0.29, 0.717) is 11.5 Å². The maximum absolute atomic E-state index is 10.6. The molecule has 0 bridgehead atoms. The van der Waals surface area contributed by atoms with Crippen LogP contribution in [0.1, 0.15) is 16.5 Å². The van der Waals surface area contributed by atoms with Crippen LogP contribution in [0.3, 0.4) is 0 Å². The SMILES string of the molecule is Cc1csc(/C=C/c2ccc(-c3ccc([N+](=O)[O-])cc3)o2)n1. The van der Waals surface area contributed by atoms with Crippen LogP contribution in [0, 0.1) is 17.0 Å². The van der Waals surface area contributed by atoms with Gasteiger partial charge in [-0.1, -0.05) is 0 Å². The molecule has 0 N–H and O–H groups in total. The van der Waals surface area contributed by atoms with E-state index >= 15 is 0 Å². The third-order valence-electron chi connectivity index (χ3n) is 3.02. The van der Waals surface area contributed by atoms with Crippen molar-refractivity contribution in [2.24, 2.45) is 0 Å². The molecule has 0 aliphatic carbocycles. The Bertz CT molecular complexity index is 831. The molecule has 0 radical (unpaired) electrons. The van der Waals surface area contributed by atoms with E-state index in [9.17, 15) is 10.1 Å². The monoisotopic (exact) mass is 312 g/mol. The number of hydrogen-bond acceptors (Lipinski definition) is 5. The van der Waals surface area contributed by atoms with E-state index < -0.39 is 4.92 Å². The summed E-state index contributed by atoms with van der Waals surface area (Å²) in [5.41, 5.74) is 1.86. The highest BCUT2D eigenvalue weighted by molar-refractivity contribution is 7.10. The number of benzene rings is 1. The van der Waals surface area contributed by atoms with Crippen molar-refractivity contribution in [2.75, 3.05) is 0 Å². The number of rotatable bonds is 4. The van der Waals surface area contributed by atoms with Crippen molar-refractivity contribution in [2.45, 2.75) is 6.92 Å². The lowest BCUT2D eigenvalue weighted by molar-refractivity contribution is -0.384. The van der Waals surface area contributed by atoms with Crippen LogP contribution in [-0.4, -0.2) is 9.91 Å². The second-order valence-corrected chi connectivity index (χ2v) is 5.56. The van der Waals surface area contributed by atoms with Crippen molar-refractivity contribution < 1.29 is 9.34 Å². The summed E-state index contributed by atoms with van der Waals surface area (Å²) in [6.45, 7) is 1.95. The van der Waals surface area contributed by atoms with E-state index in [4.69, 9.17) is 4.42 Å². The zero-order valence-electron chi connectivity index (χ0n) is 11.7. The minimum Gasteiger partial charge on any atom is -0.457 e. The van der Waals surface area contributed by atoms with Gasteiger partial charge in [0, 0.05) is 28.8 Å². The molecule has 2 heterocycles. The number of aromatic nitrogens is 1. The van der Waals surface area contributed by atoms with Crippen LogP contribution in [-0.2, 0) is 0 Å². The van der Waals surface area contributed by atoms with Crippen molar-refractivity contribution >= 4 is 29.2 Å². The largest absolute Gasteiger partial charge is 0.457 e. The lowest BCUT2D eigenvalue weighted by atomic mass is 10.1. The van der Waals surface area contributed by atoms with Gasteiger partial charge in [0.25, 0.3) is 5.69 Å². The van der Waals surface area contributed by atoms with Gasteiger partial charge in [-0.15, -0.1) is 11.3 Å². The molecule has 0 amide bonds. The van der Waals surface area contributed by atoms with Crippen molar-refractivity contribution in [1.29, 1.82) is 0 Å². The first-order valence-electron chi connectivity index (χ1n) is 6.57. The lowest BCUT2D eigenvalue weighted by Crippen LogP contribution is -1.86. The molecular formula is C16H12N2O3S. The van der Waals surface area contributed by atoms with Gasteiger partial charge in [-0.3, -0.25) is 10.1 Å². The Hall–Kier alpha value is -2.73. The number of furan rings is 1. The standard InChI is InChI=1S/C16H12N2O3S/c1-11-10-22-16(17-11)9-7-14-6-8-15(21-14)12-2-4-13(5-3-12)18(19)20/h2-10H,1H3/b9-7+. The van der Waals surface area contributed by atoms with E-state index in [1.807, 2.05) is 36.6 Å². The summed E-state index contributed by atoms with van der Waals surface area (Å²) in [4.78, 5) is 14.6. The first-order chi connectivity index (χ1) is 10.6. The van der Waals surface area contributed by atoms with Crippen molar-refractivity contribution in [3.8, 4) is 11.3 Å². The summed E-state index contributed by atoms with van der Waals surface area (Å²) in [6.07, 6.45) is 3.75. The van der Waals surface area contributed by atoms with Gasteiger partial charge < -0.3 is 4.42 Å². The zero-order valence-corrected chi connectivity index (χ0v) is 12.5. The highest BCUT2D eigenvalue weighted by atomic mass is 32.1. The smallest absolute Gasteiger partial charge is 0.269 e. The van der Waals surface area contributed by atoms with Gasteiger partial charge in [-0.2, -0.15) is 0 Å². The van der Waals surface area contributed by atoms with E-state index in [1.54, 1.807) is 23.5 Å². The van der Waals surface area contributed by atoms with Gasteiger partial charge in [0.05, 0.1) is 4.92 Å². The molecule has 0 aliphatic rings. The Kier molecular flexibility index (Phi) is 3.84. The minimum atomic E-state index is -0.421. The third kappa shape index (κ3) is 3.12. The molecule has 22 heavy (non-hydrogen) atoms. The van der Waals surface area contributed by atoms with E-state index in [-0.39, 0.29) is 5.69 Å². The molecule has 3 rings (SSSR count). The fourth-order valence-corrected chi connectivity index (χ4v) is 2.63. The van der Waals surface area contributed by atoms with Crippen molar-refractivity contribution in [1.82, 2.24) is 4.98 Å². The second-order valence-electron chi connectivity index (χ2n) is 4.67. The molecule has 0 atom stereocenters. The Morgan fingerprint density at radius 1 is 1.18 bits per heavy atom. The Morgan fingerprint density at radius 2 is 1.95 bits per heavy atom. The average molecular weight is 312 g/mol. The summed E-state index contributed by atoms with van der Waals surface area (Å²) >= 11 is 1.57. The molecule has 6 heteroatoms. The summed E-state index contributed by atoms with van der Waals surface area (Å²) in [7, 11) is 0. The fraction of sp³-hybridized carbons (Fsp3) is 0.0625. The number of non-ortho nitro benzene ring substituents is 1. The normalized spacial score (nSPS) is 11.1. The molecule has 0 fully saturated rings. The number of thiazole rings is 1. The molecule has 0 spiro atoms. The number of hydrogen-bond donors (Lipinski definition) is 0. The third-order valence-corrected chi connectivity index (χ3v) is 3.94. The first kappa shape index (κ1) is 14.2. The summed E-state index contributed by atoms with van der Waals surface area (Å²) in [5, 5.41) is 13.6. The Morgan fingerprint density at radius 3 is 2.59 bits per heavy atom. The lowest BCUT2D eigenvalue weighted by Gasteiger charge is -1.96. The summed E-state index contributed by atoms with van der Waals surface area (Å²) in [6, 6.07) is 9.97. The predicted molar refractivity (Wildman–Crippen MR) is 86.6 cm³/mol. The van der Waals surface area contributed by atoms with E-state index in [1.165, 1.54) is 12.1 Å². The summed E-state index contributed by atoms with van der Waals surface area (Å²) in [5.74, 6) is 1.38. The van der Waals surface area contributed by atoms with Crippen LogP contribution in [0.15, 0.2) is 46.2 Å². The minimum absolute atomic E-state index is 0.0644. The van der Waals surface area contributed by atoms with Gasteiger partial charge in [0.15, 0.2) is 0 Å². The second kappa shape index (κ2) is 5.95. The van der Waals surface area contributed by atoms with Crippen molar-refractivity contribution in [3.63, 3.8) is 0 Å². The predicted octanol–water partition coefficient (Wildman–Crippen LogP) is 4.79. The highest BCUT2D eigenvalue weighted by Crippen LogP contribution is 2.25. The molecule has 0 aliphatic heterocycles. The van der Waals surface area contributed by atoms with Gasteiger partial charge in [0.2, 0.25) is 0 Å². The Balaban J connectivity index is 1.78. The molecule has 1 aromatic carbocycles. The maximum atomic E-state index is 10.6. The zero-order chi connectivity index (χ0) is 15.5. The number of aryl methyl sites for hydroxylation is 1. The molecule has 5 nitrogen and oxygen atoms in total. The van der Waals surface area contributed by atoms with Crippen LogP contribution in [0.4, 0.5) is 5.69 Å². The number of nitrogens with zero attached hydrogens (tertiary/aromatic N) is 2. The number of nitro groups is 1. The van der Waals surface area contributed by atoms with E-state index in [0.717, 1.165) is 16.3 Å². The molecule has 3 aromatic rings.